The molecule has 1 fully saturated rings. The van der Waals surface area contributed by atoms with Crippen LogP contribution in [0.2, 0.25) is 0 Å². The fraction of sp³-hybridized carbons (Fsp3) is 0.879. The summed E-state index contributed by atoms with van der Waals surface area (Å²) in [6.45, 7) is 6.22. The Balaban J connectivity index is 2.56. The number of aliphatic hydroxyl groups excluding tert-OH is 2. The maximum atomic E-state index is 12.9. The van der Waals surface area contributed by atoms with Crippen molar-refractivity contribution >= 4 is 11.7 Å². The summed E-state index contributed by atoms with van der Waals surface area (Å²) in [6, 6.07) is -0.828. The zero-order chi connectivity index (χ0) is 30.1. The lowest BCUT2D eigenvalue weighted by Gasteiger charge is -2.43. The molecule has 3 N–H and O–H groups in total. The van der Waals surface area contributed by atoms with Gasteiger partial charge in [-0.3, -0.25) is 9.59 Å². The van der Waals surface area contributed by atoms with E-state index in [1.165, 1.54) is 76.9 Å². The summed E-state index contributed by atoms with van der Waals surface area (Å²) < 4.78 is 17.5. The molecule has 8 heteroatoms. The summed E-state index contributed by atoms with van der Waals surface area (Å²) in [5.74, 6) is -0.540. The van der Waals surface area contributed by atoms with Crippen molar-refractivity contribution in [3.8, 4) is 0 Å². The van der Waals surface area contributed by atoms with Crippen LogP contribution in [0.25, 0.3) is 0 Å². The van der Waals surface area contributed by atoms with Gasteiger partial charge >= 0.3 is 0 Å². The van der Waals surface area contributed by atoms with Crippen LogP contribution in [0.4, 0.5) is 0 Å². The van der Waals surface area contributed by atoms with Crippen LogP contribution in [0.5, 0.6) is 0 Å². The fourth-order valence-electron chi connectivity index (χ4n) is 5.29. The SMILES string of the molecule is CC=CO[C@H]1O[C@H](CO)[C@@H](O)[C@H](OCCCCCCCCCC)[C@H]1NC(=O)CC(=O)CCCCCCCCCCC. The topological polar surface area (TPSA) is 114 Å². The Labute approximate surface area is 250 Å². The van der Waals surface area contributed by atoms with Gasteiger partial charge in [0.2, 0.25) is 12.2 Å². The van der Waals surface area contributed by atoms with E-state index in [1.54, 1.807) is 13.0 Å². The number of hydrogen-bond donors (Lipinski definition) is 3. The molecule has 240 valence electrons. The number of amides is 1. The standard InChI is InChI=1S/C33H61NO7/c1-4-7-9-11-13-15-16-18-20-22-27(36)25-29(37)34-30-32(39-24-21-19-17-14-12-10-8-5-2)31(38)28(26-35)41-33(30)40-23-6-3/h6,23,28,30-33,35,38H,4-5,7-22,24-26H2,1-3H3,(H,34,37)/t28-,30-,31-,32-,33+/m1/s1. The van der Waals surface area contributed by atoms with E-state index in [1.807, 2.05) is 0 Å². The molecule has 41 heavy (non-hydrogen) atoms. The van der Waals surface area contributed by atoms with Crippen molar-refractivity contribution in [1.29, 1.82) is 0 Å². The first-order chi connectivity index (χ1) is 20.0. The molecule has 1 aliphatic rings. The predicted molar refractivity (Wildman–Crippen MR) is 163 cm³/mol. The Hall–Kier alpha value is -1.48. The number of aliphatic hydroxyl groups is 2. The molecule has 0 bridgehead atoms. The van der Waals surface area contributed by atoms with Gasteiger partial charge in [-0.2, -0.15) is 0 Å². The number of hydrogen-bond acceptors (Lipinski definition) is 7. The number of unbranched alkanes of at least 4 members (excludes halogenated alkanes) is 15. The first-order valence-corrected chi connectivity index (χ1v) is 16.6. The van der Waals surface area contributed by atoms with Gasteiger partial charge in [0, 0.05) is 13.0 Å². The summed E-state index contributed by atoms with van der Waals surface area (Å²) in [5, 5.41) is 23.5. The summed E-state index contributed by atoms with van der Waals surface area (Å²) in [5.41, 5.74) is 0. The Bertz CT molecular complexity index is 686. The molecule has 0 aromatic heterocycles. The van der Waals surface area contributed by atoms with Crippen molar-refractivity contribution in [2.45, 2.75) is 173 Å². The maximum Gasteiger partial charge on any atom is 0.227 e. The number of ether oxygens (including phenoxy) is 3. The van der Waals surface area contributed by atoms with E-state index in [0.717, 1.165) is 38.5 Å². The summed E-state index contributed by atoms with van der Waals surface area (Å²) in [6.07, 6.45) is 19.2. The lowest BCUT2D eigenvalue weighted by Crippen LogP contribution is -2.65. The van der Waals surface area contributed by atoms with Crippen LogP contribution >= 0.6 is 0 Å². The van der Waals surface area contributed by atoms with Crippen molar-refractivity contribution in [3.05, 3.63) is 12.3 Å². The van der Waals surface area contributed by atoms with Gasteiger partial charge in [-0.15, -0.1) is 0 Å². The van der Waals surface area contributed by atoms with Crippen LogP contribution in [-0.4, -0.2) is 65.8 Å². The highest BCUT2D eigenvalue weighted by Gasteiger charge is 2.47. The first-order valence-electron chi connectivity index (χ1n) is 16.6. The van der Waals surface area contributed by atoms with Gasteiger partial charge in [-0.25, -0.2) is 0 Å². The van der Waals surface area contributed by atoms with E-state index in [2.05, 4.69) is 19.2 Å². The average molecular weight is 584 g/mol. The van der Waals surface area contributed by atoms with Crippen LogP contribution in [-0.2, 0) is 23.8 Å². The number of carbonyl (C=O) groups excluding carboxylic acids is 2. The molecule has 0 unspecified atom stereocenters. The van der Waals surface area contributed by atoms with Crippen molar-refractivity contribution in [3.63, 3.8) is 0 Å². The number of Topliss-reactive ketones (excluding diaryl/α,β-unsaturated/α-hetero) is 1. The highest BCUT2D eigenvalue weighted by atomic mass is 16.7. The van der Waals surface area contributed by atoms with Crippen molar-refractivity contribution < 1.29 is 34.0 Å². The van der Waals surface area contributed by atoms with Gasteiger partial charge < -0.3 is 29.7 Å². The molecule has 1 amide bonds. The second-order valence-corrected chi connectivity index (χ2v) is 11.5. The maximum absolute atomic E-state index is 12.9. The largest absolute Gasteiger partial charge is 0.471 e. The third kappa shape index (κ3) is 17.3. The average Bonchev–Trinajstić information content (AvgIpc) is 2.96. The van der Waals surface area contributed by atoms with Crippen molar-refractivity contribution in [1.82, 2.24) is 5.32 Å². The zero-order valence-electron chi connectivity index (χ0n) is 26.3. The van der Waals surface area contributed by atoms with E-state index < -0.39 is 43.2 Å². The lowest BCUT2D eigenvalue weighted by molar-refractivity contribution is -0.263. The van der Waals surface area contributed by atoms with Crippen LogP contribution < -0.4 is 5.32 Å². The number of nitrogens with one attached hydrogen (secondary N) is 1. The predicted octanol–water partition coefficient (Wildman–Crippen LogP) is 6.51. The van der Waals surface area contributed by atoms with Gasteiger partial charge in [0.25, 0.3) is 0 Å². The fourth-order valence-corrected chi connectivity index (χ4v) is 5.29. The highest BCUT2D eigenvalue weighted by Crippen LogP contribution is 2.25. The van der Waals surface area contributed by atoms with Gasteiger partial charge in [-0.1, -0.05) is 116 Å². The molecule has 8 nitrogen and oxygen atoms in total. The molecule has 0 spiro atoms. The summed E-state index contributed by atoms with van der Waals surface area (Å²) >= 11 is 0. The first kappa shape index (κ1) is 37.5. The molecule has 0 aliphatic carbocycles. The van der Waals surface area contributed by atoms with E-state index in [-0.39, 0.29) is 12.2 Å². The van der Waals surface area contributed by atoms with Crippen LogP contribution in [0.1, 0.15) is 143 Å². The number of rotatable bonds is 26. The van der Waals surface area contributed by atoms with E-state index in [9.17, 15) is 19.8 Å². The third-order valence-electron chi connectivity index (χ3n) is 7.76. The summed E-state index contributed by atoms with van der Waals surface area (Å²) in [4.78, 5) is 25.4. The van der Waals surface area contributed by atoms with Gasteiger partial charge in [0.05, 0.1) is 19.3 Å². The zero-order valence-corrected chi connectivity index (χ0v) is 26.3. The molecule has 0 radical (unpaired) electrons. The number of carbonyl (C=O) groups is 2. The number of ketones is 1. The van der Waals surface area contributed by atoms with Gasteiger partial charge in [0.15, 0.2) is 0 Å². The van der Waals surface area contributed by atoms with Crippen molar-refractivity contribution in [2.75, 3.05) is 13.2 Å². The molecular formula is C33H61NO7. The minimum absolute atomic E-state index is 0.0988. The second kappa shape index (κ2) is 25.1. The van der Waals surface area contributed by atoms with Crippen molar-refractivity contribution in [2.24, 2.45) is 0 Å². The minimum atomic E-state index is -1.15. The van der Waals surface area contributed by atoms with Gasteiger partial charge in [-0.05, 0) is 19.8 Å². The molecule has 5 atom stereocenters. The molecule has 1 heterocycles. The number of allylic oxidation sites excluding steroid dienone is 1. The molecule has 1 saturated heterocycles. The Morgan fingerprint density at radius 3 is 1.90 bits per heavy atom. The summed E-state index contributed by atoms with van der Waals surface area (Å²) in [7, 11) is 0. The Morgan fingerprint density at radius 1 is 0.829 bits per heavy atom. The molecule has 1 aliphatic heterocycles. The highest BCUT2D eigenvalue weighted by molar-refractivity contribution is 5.98. The Morgan fingerprint density at radius 2 is 1.37 bits per heavy atom. The monoisotopic (exact) mass is 583 g/mol. The van der Waals surface area contributed by atoms with Crippen LogP contribution in [0.15, 0.2) is 12.3 Å². The van der Waals surface area contributed by atoms with E-state index in [0.29, 0.717) is 13.0 Å². The molecule has 0 aromatic carbocycles. The normalized spacial score (nSPS) is 22.7. The Kier molecular flexibility index (Phi) is 22.9. The van der Waals surface area contributed by atoms with Crippen LogP contribution in [0, 0.1) is 0 Å². The molecular weight excluding hydrogens is 522 g/mol. The molecule has 0 aromatic rings. The smallest absolute Gasteiger partial charge is 0.227 e. The van der Waals surface area contributed by atoms with Crippen LogP contribution in [0.3, 0.4) is 0 Å². The van der Waals surface area contributed by atoms with Gasteiger partial charge in [0.1, 0.15) is 30.1 Å². The lowest BCUT2D eigenvalue weighted by atomic mass is 9.96. The second-order valence-electron chi connectivity index (χ2n) is 11.5. The third-order valence-corrected chi connectivity index (χ3v) is 7.76. The van der Waals surface area contributed by atoms with E-state index in [4.69, 9.17) is 14.2 Å². The quantitative estimate of drug-likeness (QED) is 0.0604. The molecule has 1 rings (SSSR count). The van der Waals surface area contributed by atoms with E-state index >= 15 is 0 Å². The minimum Gasteiger partial charge on any atom is -0.471 e. The molecule has 0 saturated carbocycles.